The molecule has 0 saturated heterocycles. The zero-order chi connectivity index (χ0) is 30.5. The van der Waals surface area contributed by atoms with Gasteiger partial charge in [-0.3, -0.25) is 4.79 Å². The normalized spacial score (nSPS) is 18.0. The number of benzene rings is 3. The summed E-state index contributed by atoms with van der Waals surface area (Å²) in [5.41, 5.74) is 3.74. The Morgan fingerprint density at radius 2 is 1.56 bits per heavy atom. The zero-order valence-corrected chi connectivity index (χ0v) is 24.6. The molecule has 1 heterocycles. The molecule has 0 saturated carbocycles. The number of dihydropyridines is 1. The number of rotatable bonds is 10. The standard InChI is InChI=1S/C34H35NO8/c1-20-31(34(38)43-15-14-42-24-8-6-5-7-9-24)32(22-10-12-26(36)29(19-22)40-3)33-25(35-20)16-23(17-27(33)37)21-11-13-28(39-2)30(18-21)41-4/h5-13,18-19,23,32,35-36H,14-17H2,1-4H3/t23-,32+/m1/s1. The van der Waals surface area contributed by atoms with E-state index in [2.05, 4.69) is 5.32 Å². The molecule has 9 nitrogen and oxygen atoms in total. The summed E-state index contributed by atoms with van der Waals surface area (Å²) in [6.07, 6.45) is 0.793. The molecule has 0 unspecified atom stereocenters. The number of allylic oxidation sites excluding steroid dienone is 3. The molecular weight excluding hydrogens is 550 g/mol. The monoisotopic (exact) mass is 585 g/mol. The number of para-hydroxylation sites is 1. The van der Waals surface area contributed by atoms with Gasteiger partial charge in [0, 0.05) is 29.3 Å². The van der Waals surface area contributed by atoms with Gasteiger partial charge in [0.05, 0.1) is 26.9 Å². The number of ether oxygens (including phenoxy) is 5. The van der Waals surface area contributed by atoms with Crippen LogP contribution in [0.5, 0.6) is 28.7 Å². The lowest BCUT2D eigenvalue weighted by molar-refractivity contribution is -0.140. The van der Waals surface area contributed by atoms with Gasteiger partial charge in [-0.05, 0) is 66.8 Å². The van der Waals surface area contributed by atoms with Crippen molar-refractivity contribution in [2.75, 3.05) is 34.5 Å². The van der Waals surface area contributed by atoms with Crippen LogP contribution in [0.25, 0.3) is 0 Å². The van der Waals surface area contributed by atoms with Gasteiger partial charge in [-0.1, -0.05) is 30.3 Å². The second kappa shape index (κ2) is 12.9. The second-order valence-electron chi connectivity index (χ2n) is 10.4. The molecular formula is C34H35NO8. The smallest absolute Gasteiger partial charge is 0.336 e. The van der Waals surface area contributed by atoms with E-state index in [0.29, 0.717) is 46.1 Å². The van der Waals surface area contributed by atoms with Crippen LogP contribution in [0.1, 0.15) is 42.7 Å². The Labute approximate surface area is 250 Å². The van der Waals surface area contributed by atoms with Crippen molar-refractivity contribution in [2.45, 2.75) is 31.6 Å². The van der Waals surface area contributed by atoms with E-state index in [1.165, 1.54) is 13.2 Å². The molecule has 2 atom stereocenters. The molecule has 5 rings (SSSR count). The average Bonchev–Trinajstić information content (AvgIpc) is 3.02. The molecule has 0 bridgehead atoms. The van der Waals surface area contributed by atoms with E-state index >= 15 is 0 Å². The highest BCUT2D eigenvalue weighted by molar-refractivity contribution is 6.04. The Kier molecular flexibility index (Phi) is 8.90. The first kappa shape index (κ1) is 29.6. The van der Waals surface area contributed by atoms with Crippen molar-refractivity contribution in [1.82, 2.24) is 5.32 Å². The third-order valence-electron chi connectivity index (χ3n) is 7.79. The number of aromatic hydroxyl groups is 1. The van der Waals surface area contributed by atoms with E-state index in [1.54, 1.807) is 33.3 Å². The van der Waals surface area contributed by atoms with Gasteiger partial charge in [0.1, 0.15) is 19.0 Å². The zero-order valence-electron chi connectivity index (χ0n) is 24.6. The molecule has 2 aliphatic rings. The van der Waals surface area contributed by atoms with E-state index in [0.717, 1.165) is 11.3 Å². The van der Waals surface area contributed by atoms with Gasteiger partial charge in [0.25, 0.3) is 0 Å². The largest absolute Gasteiger partial charge is 0.504 e. The molecule has 2 N–H and O–H groups in total. The third-order valence-corrected chi connectivity index (χ3v) is 7.79. The number of carbonyl (C=O) groups excluding carboxylic acids is 2. The fraction of sp³-hybridized carbons (Fsp3) is 0.294. The predicted octanol–water partition coefficient (Wildman–Crippen LogP) is 5.40. The maximum atomic E-state index is 14.0. The number of phenols is 1. The second-order valence-corrected chi connectivity index (χ2v) is 10.4. The van der Waals surface area contributed by atoms with Crippen LogP contribution >= 0.6 is 0 Å². The van der Waals surface area contributed by atoms with Crippen molar-refractivity contribution in [3.8, 4) is 28.7 Å². The van der Waals surface area contributed by atoms with Crippen LogP contribution in [0.15, 0.2) is 89.3 Å². The quantitative estimate of drug-likeness (QED) is 0.239. The molecule has 3 aromatic rings. The van der Waals surface area contributed by atoms with Gasteiger partial charge in [-0.25, -0.2) is 4.79 Å². The number of methoxy groups -OCH3 is 3. The third kappa shape index (κ3) is 6.16. The highest BCUT2D eigenvalue weighted by Gasteiger charge is 2.41. The Morgan fingerprint density at radius 1 is 0.860 bits per heavy atom. The van der Waals surface area contributed by atoms with Crippen molar-refractivity contribution in [3.05, 3.63) is 100 Å². The van der Waals surface area contributed by atoms with Gasteiger partial charge in [0.2, 0.25) is 0 Å². The van der Waals surface area contributed by atoms with Crippen molar-refractivity contribution >= 4 is 11.8 Å². The van der Waals surface area contributed by atoms with E-state index in [1.807, 2.05) is 48.5 Å². The minimum absolute atomic E-state index is 0.0252. The lowest BCUT2D eigenvalue weighted by Gasteiger charge is -2.37. The lowest BCUT2D eigenvalue weighted by Crippen LogP contribution is -2.36. The van der Waals surface area contributed by atoms with Crippen LogP contribution in [0, 0.1) is 0 Å². The van der Waals surface area contributed by atoms with Crippen LogP contribution in [-0.4, -0.2) is 51.4 Å². The maximum absolute atomic E-state index is 14.0. The molecule has 224 valence electrons. The number of Topliss-reactive ketones (excluding diaryl/α,β-unsaturated/α-hetero) is 1. The fourth-order valence-corrected chi connectivity index (χ4v) is 5.75. The first-order valence-electron chi connectivity index (χ1n) is 14.0. The van der Waals surface area contributed by atoms with E-state index in [-0.39, 0.29) is 42.8 Å². The Hall–Kier alpha value is -4.92. The summed E-state index contributed by atoms with van der Waals surface area (Å²) in [5, 5.41) is 13.6. The summed E-state index contributed by atoms with van der Waals surface area (Å²) in [7, 11) is 4.61. The Bertz CT molecular complexity index is 1580. The molecule has 1 aliphatic heterocycles. The molecule has 0 amide bonds. The fourth-order valence-electron chi connectivity index (χ4n) is 5.75. The molecule has 0 aromatic heterocycles. The summed E-state index contributed by atoms with van der Waals surface area (Å²) in [5.74, 6) is 0.616. The van der Waals surface area contributed by atoms with Crippen molar-refractivity contribution in [2.24, 2.45) is 0 Å². The molecule has 9 heteroatoms. The number of esters is 1. The molecule has 0 spiro atoms. The van der Waals surface area contributed by atoms with Crippen molar-refractivity contribution in [3.63, 3.8) is 0 Å². The maximum Gasteiger partial charge on any atom is 0.336 e. The minimum Gasteiger partial charge on any atom is -0.504 e. The van der Waals surface area contributed by atoms with E-state index < -0.39 is 11.9 Å². The molecule has 1 aliphatic carbocycles. The van der Waals surface area contributed by atoms with Gasteiger partial charge in [0.15, 0.2) is 28.8 Å². The SMILES string of the molecule is COc1cc([C@H]2C(C(=O)OCCOc3ccccc3)=C(C)NC3=C2C(=O)C[C@H](c2ccc(OC)c(OC)c2)C3)ccc1O. The summed E-state index contributed by atoms with van der Waals surface area (Å²) in [6, 6.07) is 19.8. The number of nitrogens with one attached hydrogen (secondary N) is 1. The van der Waals surface area contributed by atoms with Gasteiger partial charge in [-0.15, -0.1) is 0 Å². The molecule has 43 heavy (non-hydrogen) atoms. The number of carbonyl (C=O) groups is 2. The number of hydrogen-bond donors (Lipinski definition) is 2. The molecule has 3 aromatic carbocycles. The van der Waals surface area contributed by atoms with Crippen LogP contribution in [0.2, 0.25) is 0 Å². The first-order chi connectivity index (χ1) is 20.8. The summed E-state index contributed by atoms with van der Waals surface area (Å²) < 4.78 is 27.6. The number of ketones is 1. The minimum atomic E-state index is -0.716. The molecule has 0 radical (unpaired) electrons. The topological polar surface area (TPSA) is 113 Å². The van der Waals surface area contributed by atoms with E-state index in [9.17, 15) is 14.7 Å². The van der Waals surface area contributed by atoms with Crippen LogP contribution in [-0.2, 0) is 14.3 Å². The van der Waals surface area contributed by atoms with E-state index in [4.69, 9.17) is 23.7 Å². The Morgan fingerprint density at radius 3 is 2.28 bits per heavy atom. The van der Waals surface area contributed by atoms with Gasteiger partial charge < -0.3 is 34.1 Å². The highest BCUT2D eigenvalue weighted by atomic mass is 16.6. The summed E-state index contributed by atoms with van der Waals surface area (Å²) >= 11 is 0. The average molecular weight is 586 g/mol. The van der Waals surface area contributed by atoms with Crippen LogP contribution in [0.4, 0.5) is 0 Å². The van der Waals surface area contributed by atoms with Crippen molar-refractivity contribution in [1.29, 1.82) is 0 Å². The summed E-state index contributed by atoms with van der Waals surface area (Å²) in [4.78, 5) is 27.6. The van der Waals surface area contributed by atoms with Gasteiger partial charge >= 0.3 is 5.97 Å². The van der Waals surface area contributed by atoms with Crippen molar-refractivity contribution < 1.29 is 38.4 Å². The van der Waals surface area contributed by atoms with Crippen LogP contribution in [0.3, 0.4) is 0 Å². The highest BCUT2D eigenvalue weighted by Crippen LogP contribution is 2.47. The number of hydrogen-bond acceptors (Lipinski definition) is 9. The van der Waals surface area contributed by atoms with Crippen LogP contribution < -0.4 is 24.3 Å². The first-order valence-corrected chi connectivity index (χ1v) is 14.0. The lowest BCUT2D eigenvalue weighted by atomic mass is 9.71. The number of phenolic OH excluding ortho intramolecular Hbond substituents is 1. The van der Waals surface area contributed by atoms with Gasteiger partial charge in [-0.2, -0.15) is 0 Å². The summed E-state index contributed by atoms with van der Waals surface area (Å²) in [6.45, 7) is 2.00. The molecule has 0 fully saturated rings. The predicted molar refractivity (Wildman–Crippen MR) is 160 cm³/mol. The Balaban J connectivity index is 1.46.